The van der Waals surface area contributed by atoms with E-state index in [1.165, 1.54) is 11.3 Å². The summed E-state index contributed by atoms with van der Waals surface area (Å²) in [4.78, 5) is 19.8. The van der Waals surface area contributed by atoms with E-state index in [1.807, 2.05) is 49.7 Å². The summed E-state index contributed by atoms with van der Waals surface area (Å²) in [5.74, 6) is 0.537. The average molecular weight is 425 g/mol. The molecule has 0 saturated carbocycles. The lowest BCUT2D eigenvalue weighted by atomic mass is 10.3. The molecule has 0 bridgehead atoms. The van der Waals surface area contributed by atoms with Crippen LogP contribution < -0.4 is 9.64 Å². The van der Waals surface area contributed by atoms with E-state index in [4.69, 9.17) is 9.72 Å². The van der Waals surface area contributed by atoms with E-state index in [9.17, 15) is 4.79 Å². The second-order valence-electron chi connectivity index (χ2n) is 7.01. The molecule has 156 valence electrons. The molecule has 1 amide bonds. The van der Waals surface area contributed by atoms with Crippen molar-refractivity contribution in [3.63, 3.8) is 0 Å². The van der Waals surface area contributed by atoms with E-state index in [0.717, 1.165) is 27.4 Å². The number of carbonyl (C=O) groups excluding carboxylic acids is 1. The summed E-state index contributed by atoms with van der Waals surface area (Å²) in [5.41, 5.74) is 3.16. The van der Waals surface area contributed by atoms with E-state index in [-0.39, 0.29) is 5.91 Å². The number of aromatic nitrogens is 5. The third kappa shape index (κ3) is 3.93. The molecule has 0 aliphatic carbocycles. The number of para-hydroxylation sites is 1. The highest BCUT2D eigenvalue weighted by Crippen LogP contribution is 2.34. The summed E-state index contributed by atoms with van der Waals surface area (Å²) in [6, 6.07) is 9.57. The molecule has 0 atom stereocenters. The Morgan fingerprint density at radius 2 is 2.07 bits per heavy atom. The van der Waals surface area contributed by atoms with Gasteiger partial charge in [0, 0.05) is 25.5 Å². The second kappa shape index (κ2) is 8.27. The van der Waals surface area contributed by atoms with Crippen molar-refractivity contribution in [1.82, 2.24) is 24.5 Å². The summed E-state index contributed by atoms with van der Waals surface area (Å²) in [6.45, 7) is 7.46. The number of carbonyl (C=O) groups is 1. The van der Waals surface area contributed by atoms with Gasteiger partial charge in [-0.3, -0.25) is 19.1 Å². The Bertz CT molecular complexity index is 1190. The van der Waals surface area contributed by atoms with Crippen molar-refractivity contribution < 1.29 is 9.53 Å². The van der Waals surface area contributed by atoms with Gasteiger partial charge in [0.15, 0.2) is 10.8 Å². The number of aryl methyl sites for hydroxylation is 3. The fourth-order valence-electron chi connectivity index (χ4n) is 3.35. The van der Waals surface area contributed by atoms with Crippen molar-refractivity contribution in [3.05, 3.63) is 53.6 Å². The minimum Gasteiger partial charge on any atom is -0.492 e. The fraction of sp³-hybridized carbons (Fsp3) is 0.333. The van der Waals surface area contributed by atoms with E-state index < -0.39 is 0 Å². The van der Waals surface area contributed by atoms with Gasteiger partial charge in [-0.25, -0.2) is 4.98 Å². The van der Waals surface area contributed by atoms with Crippen LogP contribution in [0.4, 0.5) is 5.13 Å². The van der Waals surface area contributed by atoms with Crippen LogP contribution in [0, 0.1) is 13.8 Å². The lowest BCUT2D eigenvalue weighted by Crippen LogP contribution is -2.34. The largest absolute Gasteiger partial charge is 0.492 e. The predicted octanol–water partition coefficient (Wildman–Crippen LogP) is 3.59. The Labute approximate surface area is 178 Å². The molecule has 1 aromatic carbocycles. The number of thiazole rings is 1. The molecule has 0 unspecified atom stereocenters. The molecular formula is C21H24N6O2S. The minimum atomic E-state index is -0.186. The van der Waals surface area contributed by atoms with Crippen LogP contribution in [0.5, 0.6) is 5.75 Å². The zero-order chi connectivity index (χ0) is 21.3. The molecule has 0 spiro atoms. The first-order valence-corrected chi connectivity index (χ1v) is 10.6. The molecule has 30 heavy (non-hydrogen) atoms. The van der Waals surface area contributed by atoms with Crippen LogP contribution in [0.2, 0.25) is 0 Å². The van der Waals surface area contributed by atoms with Crippen LogP contribution in [-0.2, 0) is 13.6 Å². The van der Waals surface area contributed by atoms with E-state index in [1.54, 1.807) is 28.9 Å². The number of anilines is 1. The zero-order valence-electron chi connectivity index (χ0n) is 17.5. The lowest BCUT2D eigenvalue weighted by molar-refractivity contribution is 0.0980. The molecule has 9 heteroatoms. The highest BCUT2D eigenvalue weighted by Gasteiger charge is 2.24. The van der Waals surface area contributed by atoms with Crippen molar-refractivity contribution in [2.75, 3.05) is 18.1 Å². The predicted molar refractivity (Wildman–Crippen MR) is 117 cm³/mol. The van der Waals surface area contributed by atoms with Gasteiger partial charge in [0.1, 0.15) is 11.3 Å². The van der Waals surface area contributed by atoms with Gasteiger partial charge in [0.25, 0.3) is 5.91 Å². The van der Waals surface area contributed by atoms with Gasteiger partial charge in [0.2, 0.25) is 0 Å². The number of nitrogens with zero attached hydrogens (tertiary/aromatic N) is 6. The highest BCUT2D eigenvalue weighted by atomic mass is 32.1. The summed E-state index contributed by atoms with van der Waals surface area (Å²) in [6.07, 6.45) is 1.76. The maximum absolute atomic E-state index is 13.3. The van der Waals surface area contributed by atoms with Crippen LogP contribution in [0.25, 0.3) is 10.2 Å². The molecule has 0 radical (unpaired) electrons. The number of ether oxygens (including phenoxy) is 1. The third-order valence-electron chi connectivity index (χ3n) is 4.72. The van der Waals surface area contributed by atoms with Crippen molar-refractivity contribution in [3.8, 4) is 5.75 Å². The molecule has 0 fully saturated rings. The number of hydrogen-bond donors (Lipinski definition) is 0. The molecule has 0 aliphatic heterocycles. The topological polar surface area (TPSA) is 78.1 Å². The van der Waals surface area contributed by atoms with Gasteiger partial charge >= 0.3 is 0 Å². The lowest BCUT2D eigenvalue weighted by Gasteiger charge is -2.19. The van der Waals surface area contributed by atoms with Crippen LogP contribution in [0.1, 0.15) is 28.8 Å². The van der Waals surface area contributed by atoms with Crippen molar-refractivity contribution >= 4 is 32.6 Å². The molecule has 3 heterocycles. The van der Waals surface area contributed by atoms with E-state index in [0.29, 0.717) is 30.5 Å². The number of fused-ring (bicyclic) bond motifs is 1. The fourth-order valence-corrected chi connectivity index (χ4v) is 4.35. The molecule has 4 aromatic rings. The Balaban J connectivity index is 1.70. The SMILES string of the molecule is CCOc1cccc2sc(N(CCn3nc(C)cc3C)C(=O)c3ccn(C)n3)nc12. The Morgan fingerprint density at radius 3 is 2.73 bits per heavy atom. The Hall–Kier alpha value is -3.20. The first-order valence-electron chi connectivity index (χ1n) is 9.81. The third-order valence-corrected chi connectivity index (χ3v) is 5.76. The van der Waals surface area contributed by atoms with E-state index >= 15 is 0 Å². The summed E-state index contributed by atoms with van der Waals surface area (Å²) in [7, 11) is 1.79. The average Bonchev–Trinajstić information content (AvgIpc) is 3.41. The zero-order valence-corrected chi connectivity index (χ0v) is 18.3. The quantitative estimate of drug-likeness (QED) is 0.453. The summed E-state index contributed by atoms with van der Waals surface area (Å²) >= 11 is 1.47. The number of rotatable bonds is 7. The summed E-state index contributed by atoms with van der Waals surface area (Å²) in [5, 5.41) is 9.42. The van der Waals surface area contributed by atoms with Crippen LogP contribution >= 0.6 is 11.3 Å². The monoisotopic (exact) mass is 424 g/mol. The van der Waals surface area contributed by atoms with Gasteiger partial charge in [0.05, 0.1) is 23.5 Å². The van der Waals surface area contributed by atoms with Gasteiger partial charge < -0.3 is 4.74 Å². The standard InChI is InChI=1S/C21H24N6O2S/c1-5-29-17-7-6-8-18-19(17)22-21(30-18)26(20(28)16-9-10-25(4)24-16)11-12-27-15(3)13-14(2)23-27/h6-10,13H,5,11-12H2,1-4H3. The first-order chi connectivity index (χ1) is 14.5. The van der Waals surface area contributed by atoms with Crippen molar-refractivity contribution in [2.24, 2.45) is 7.05 Å². The minimum absolute atomic E-state index is 0.186. The Morgan fingerprint density at radius 1 is 1.23 bits per heavy atom. The van der Waals surface area contributed by atoms with Gasteiger partial charge in [-0.05, 0) is 45.0 Å². The molecule has 0 N–H and O–H groups in total. The number of benzene rings is 1. The molecule has 0 saturated heterocycles. The van der Waals surface area contributed by atoms with E-state index in [2.05, 4.69) is 10.2 Å². The number of hydrogen-bond acceptors (Lipinski definition) is 6. The Kier molecular flexibility index (Phi) is 5.54. The molecule has 0 aliphatic rings. The van der Waals surface area contributed by atoms with Crippen molar-refractivity contribution in [2.45, 2.75) is 27.3 Å². The maximum atomic E-state index is 13.3. The molecular weight excluding hydrogens is 400 g/mol. The van der Waals surface area contributed by atoms with Crippen LogP contribution in [0.15, 0.2) is 36.5 Å². The van der Waals surface area contributed by atoms with Crippen LogP contribution in [-0.4, -0.2) is 43.6 Å². The first kappa shape index (κ1) is 20.1. The molecule has 4 rings (SSSR count). The van der Waals surface area contributed by atoms with Crippen molar-refractivity contribution in [1.29, 1.82) is 0 Å². The number of amides is 1. The second-order valence-corrected chi connectivity index (χ2v) is 8.02. The molecule has 8 nitrogen and oxygen atoms in total. The van der Waals surface area contributed by atoms with Gasteiger partial charge in [-0.15, -0.1) is 0 Å². The maximum Gasteiger partial charge on any atom is 0.280 e. The van der Waals surface area contributed by atoms with Gasteiger partial charge in [-0.1, -0.05) is 17.4 Å². The smallest absolute Gasteiger partial charge is 0.280 e. The highest BCUT2D eigenvalue weighted by molar-refractivity contribution is 7.22. The normalized spacial score (nSPS) is 11.2. The molecule has 3 aromatic heterocycles. The van der Waals surface area contributed by atoms with Gasteiger partial charge in [-0.2, -0.15) is 10.2 Å². The summed E-state index contributed by atoms with van der Waals surface area (Å²) < 4.78 is 10.2. The van der Waals surface area contributed by atoms with Crippen LogP contribution in [0.3, 0.4) is 0 Å².